The van der Waals surface area contributed by atoms with E-state index in [0.717, 1.165) is 25.9 Å². The number of nitrogens with one attached hydrogen (secondary N) is 1. The first-order valence-electron chi connectivity index (χ1n) is 5.47. The molecule has 1 heterocycles. The van der Waals surface area contributed by atoms with Crippen LogP contribution in [0.4, 0.5) is 0 Å². The Labute approximate surface area is 86.2 Å². The van der Waals surface area contributed by atoms with Gasteiger partial charge in [0.05, 0.1) is 12.5 Å². The third-order valence-corrected chi connectivity index (χ3v) is 3.43. The maximum atomic E-state index is 11.6. The van der Waals surface area contributed by atoms with Crippen LogP contribution in [0.5, 0.6) is 0 Å². The van der Waals surface area contributed by atoms with Crippen molar-refractivity contribution in [3.8, 4) is 0 Å². The van der Waals surface area contributed by atoms with E-state index >= 15 is 0 Å². The molecule has 0 aromatic rings. The van der Waals surface area contributed by atoms with Crippen LogP contribution in [0.3, 0.4) is 0 Å². The Hall–Kier alpha value is -0.570. The molecular formula is C11H21NO2. The molecule has 0 aromatic carbocycles. The van der Waals surface area contributed by atoms with Crippen LogP contribution in [-0.4, -0.2) is 25.7 Å². The molecule has 1 atom stereocenters. The van der Waals surface area contributed by atoms with Crippen LogP contribution < -0.4 is 5.32 Å². The molecule has 3 heteroatoms. The Kier molecular flexibility index (Phi) is 3.93. The molecule has 0 bridgehead atoms. The zero-order valence-electron chi connectivity index (χ0n) is 9.43. The lowest BCUT2D eigenvalue weighted by molar-refractivity contribution is -0.152. The van der Waals surface area contributed by atoms with Gasteiger partial charge in [-0.3, -0.25) is 4.79 Å². The summed E-state index contributed by atoms with van der Waals surface area (Å²) in [6.45, 7) is 8.55. The normalized spacial score (nSPS) is 22.8. The first-order chi connectivity index (χ1) is 6.60. The topological polar surface area (TPSA) is 38.3 Å². The minimum atomic E-state index is -0.0445. The monoisotopic (exact) mass is 199 g/mol. The third kappa shape index (κ3) is 2.47. The van der Waals surface area contributed by atoms with Crippen LogP contribution in [0.25, 0.3) is 0 Å². The van der Waals surface area contributed by atoms with Crippen molar-refractivity contribution in [1.29, 1.82) is 0 Å². The van der Waals surface area contributed by atoms with Gasteiger partial charge in [-0.1, -0.05) is 13.8 Å². The smallest absolute Gasteiger partial charge is 0.309 e. The number of hydrogen-bond acceptors (Lipinski definition) is 3. The van der Waals surface area contributed by atoms with Crippen LogP contribution in [0, 0.1) is 11.3 Å². The lowest BCUT2D eigenvalue weighted by atomic mass is 9.71. The first-order valence-corrected chi connectivity index (χ1v) is 5.47. The van der Waals surface area contributed by atoms with Gasteiger partial charge in [-0.15, -0.1) is 0 Å². The summed E-state index contributed by atoms with van der Waals surface area (Å²) in [5, 5.41) is 3.31. The van der Waals surface area contributed by atoms with Gasteiger partial charge in [0.25, 0.3) is 0 Å². The van der Waals surface area contributed by atoms with E-state index in [1.165, 1.54) is 0 Å². The number of piperidine rings is 1. The van der Waals surface area contributed by atoms with Gasteiger partial charge >= 0.3 is 5.97 Å². The molecule has 1 aliphatic heterocycles. The molecule has 0 saturated carbocycles. The lowest BCUT2D eigenvalue weighted by Gasteiger charge is -2.37. The van der Waals surface area contributed by atoms with Gasteiger partial charge in [0, 0.05) is 0 Å². The predicted octanol–water partition coefficient (Wildman–Crippen LogP) is 1.58. The SMILES string of the molecule is CCOC(=O)C(C)C1(C)CCNCC1. The second-order valence-electron chi connectivity index (χ2n) is 4.38. The molecule has 1 aliphatic rings. The fourth-order valence-electron chi connectivity index (χ4n) is 1.98. The summed E-state index contributed by atoms with van der Waals surface area (Å²) < 4.78 is 5.06. The summed E-state index contributed by atoms with van der Waals surface area (Å²) in [6.07, 6.45) is 2.12. The van der Waals surface area contributed by atoms with Crippen LogP contribution >= 0.6 is 0 Å². The Morgan fingerprint density at radius 2 is 2.07 bits per heavy atom. The fourth-order valence-corrected chi connectivity index (χ4v) is 1.98. The van der Waals surface area contributed by atoms with E-state index in [1.807, 2.05) is 13.8 Å². The van der Waals surface area contributed by atoms with Crippen molar-refractivity contribution in [2.75, 3.05) is 19.7 Å². The molecule has 1 fully saturated rings. The van der Waals surface area contributed by atoms with Crippen molar-refractivity contribution in [2.24, 2.45) is 11.3 Å². The molecule has 0 aromatic heterocycles. The van der Waals surface area contributed by atoms with E-state index in [1.54, 1.807) is 0 Å². The number of rotatable bonds is 3. The number of carbonyl (C=O) groups is 1. The molecule has 3 nitrogen and oxygen atoms in total. The zero-order chi connectivity index (χ0) is 10.6. The molecule has 1 saturated heterocycles. The summed E-state index contributed by atoms with van der Waals surface area (Å²) in [4.78, 5) is 11.6. The highest BCUT2D eigenvalue weighted by Crippen LogP contribution is 2.36. The molecular weight excluding hydrogens is 178 g/mol. The number of hydrogen-bond donors (Lipinski definition) is 1. The molecule has 14 heavy (non-hydrogen) atoms. The molecule has 82 valence electrons. The molecule has 0 aliphatic carbocycles. The van der Waals surface area contributed by atoms with Gasteiger partial charge in [-0.25, -0.2) is 0 Å². The highest BCUT2D eigenvalue weighted by molar-refractivity contribution is 5.73. The summed E-state index contributed by atoms with van der Waals surface area (Å²) in [7, 11) is 0. The van der Waals surface area contributed by atoms with Crippen LogP contribution in [0.2, 0.25) is 0 Å². The third-order valence-electron chi connectivity index (χ3n) is 3.43. The average molecular weight is 199 g/mol. The Morgan fingerprint density at radius 1 is 1.50 bits per heavy atom. The largest absolute Gasteiger partial charge is 0.466 e. The number of ether oxygens (including phenoxy) is 1. The summed E-state index contributed by atoms with van der Waals surface area (Å²) in [5.41, 5.74) is 0.123. The number of carbonyl (C=O) groups excluding carboxylic acids is 1. The van der Waals surface area contributed by atoms with Gasteiger partial charge in [-0.05, 0) is 38.3 Å². The van der Waals surface area contributed by atoms with Crippen molar-refractivity contribution in [3.63, 3.8) is 0 Å². The van der Waals surface area contributed by atoms with E-state index in [-0.39, 0.29) is 17.3 Å². The second kappa shape index (κ2) is 4.78. The van der Waals surface area contributed by atoms with Gasteiger partial charge < -0.3 is 10.1 Å². The Morgan fingerprint density at radius 3 is 2.57 bits per heavy atom. The Bertz CT molecular complexity index is 197. The predicted molar refractivity (Wildman–Crippen MR) is 56.0 cm³/mol. The fraction of sp³-hybridized carbons (Fsp3) is 0.909. The molecule has 1 N–H and O–H groups in total. The lowest BCUT2D eigenvalue weighted by Crippen LogP contribution is -2.41. The van der Waals surface area contributed by atoms with Crippen molar-refractivity contribution in [1.82, 2.24) is 5.32 Å². The van der Waals surface area contributed by atoms with Gasteiger partial charge in [0.2, 0.25) is 0 Å². The summed E-state index contributed by atoms with van der Waals surface area (Å²) in [6, 6.07) is 0. The summed E-state index contributed by atoms with van der Waals surface area (Å²) in [5.74, 6) is -0.0264. The molecule has 0 amide bonds. The first kappa shape index (κ1) is 11.5. The highest BCUT2D eigenvalue weighted by Gasteiger charge is 2.37. The molecule has 1 rings (SSSR count). The number of esters is 1. The maximum Gasteiger partial charge on any atom is 0.309 e. The van der Waals surface area contributed by atoms with E-state index in [4.69, 9.17) is 4.74 Å². The van der Waals surface area contributed by atoms with Crippen molar-refractivity contribution in [3.05, 3.63) is 0 Å². The summed E-state index contributed by atoms with van der Waals surface area (Å²) >= 11 is 0. The maximum absolute atomic E-state index is 11.6. The zero-order valence-corrected chi connectivity index (χ0v) is 9.43. The minimum absolute atomic E-state index is 0.0181. The van der Waals surface area contributed by atoms with E-state index in [0.29, 0.717) is 6.61 Å². The van der Waals surface area contributed by atoms with Crippen molar-refractivity contribution in [2.45, 2.75) is 33.6 Å². The van der Waals surface area contributed by atoms with Crippen LogP contribution in [0.1, 0.15) is 33.6 Å². The van der Waals surface area contributed by atoms with Gasteiger partial charge in [0.1, 0.15) is 0 Å². The molecule has 0 radical (unpaired) electrons. The van der Waals surface area contributed by atoms with Crippen LogP contribution in [0.15, 0.2) is 0 Å². The van der Waals surface area contributed by atoms with Crippen molar-refractivity contribution < 1.29 is 9.53 Å². The minimum Gasteiger partial charge on any atom is -0.466 e. The van der Waals surface area contributed by atoms with Crippen molar-refractivity contribution >= 4 is 5.97 Å². The second-order valence-corrected chi connectivity index (χ2v) is 4.38. The molecule has 0 spiro atoms. The highest BCUT2D eigenvalue weighted by atomic mass is 16.5. The Balaban J connectivity index is 2.56. The molecule has 1 unspecified atom stereocenters. The average Bonchev–Trinajstić information content (AvgIpc) is 2.18. The van der Waals surface area contributed by atoms with Gasteiger partial charge in [-0.2, -0.15) is 0 Å². The van der Waals surface area contributed by atoms with Gasteiger partial charge in [0.15, 0.2) is 0 Å². The quantitative estimate of drug-likeness (QED) is 0.701. The van der Waals surface area contributed by atoms with E-state index < -0.39 is 0 Å². The standard InChI is InChI=1S/C11H21NO2/c1-4-14-10(13)9(2)11(3)5-7-12-8-6-11/h9,12H,4-8H2,1-3H3. The van der Waals surface area contributed by atoms with E-state index in [9.17, 15) is 4.79 Å². The van der Waals surface area contributed by atoms with E-state index in [2.05, 4.69) is 12.2 Å². The van der Waals surface area contributed by atoms with Crippen LogP contribution in [-0.2, 0) is 9.53 Å².